The zero-order valence-electron chi connectivity index (χ0n) is 15.1. The lowest BCUT2D eigenvalue weighted by Crippen LogP contribution is -2.06. The van der Waals surface area contributed by atoms with Gasteiger partial charge in [-0.3, -0.25) is 4.98 Å². The molecule has 0 unspecified atom stereocenters. The molecule has 3 heterocycles. The minimum absolute atomic E-state index is 0.478. The second kappa shape index (κ2) is 8.14. The molecule has 0 aliphatic carbocycles. The number of fused-ring (bicyclic) bond motifs is 1. The number of hydrogen-bond donors (Lipinski definition) is 1. The lowest BCUT2D eigenvalue weighted by Gasteiger charge is -2.08. The molecule has 3 aromatic heterocycles. The fourth-order valence-electron chi connectivity index (χ4n) is 2.81. The van der Waals surface area contributed by atoms with Crippen LogP contribution < -0.4 is 10.1 Å². The number of ether oxygens (including phenoxy) is 1. The zero-order chi connectivity index (χ0) is 18.5. The van der Waals surface area contributed by atoms with Gasteiger partial charge in [-0.1, -0.05) is 18.2 Å². The van der Waals surface area contributed by atoms with Crippen molar-refractivity contribution in [2.75, 3.05) is 11.9 Å². The average Bonchev–Trinajstić information content (AvgIpc) is 3.10. The number of anilines is 1. The third kappa shape index (κ3) is 4.23. The van der Waals surface area contributed by atoms with Crippen molar-refractivity contribution in [2.24, 2.45) is 0 Å². The summed E-state index contributed by atoms with van der Waals surface area (Å²) in [5.41, 5.74) is 4.40. The molecule has 0 aliphatic rings. The van der Waals surface area contributed by atoms with Crippen molar-refractivity contribution in [3.8, 4) is 5.75 Å². The van der Waals surface area contributed by atoms with E-state index in [1.54, 1.807) is 23.9 Å². The van der Waals surface area contributed by atoms with Gasteiger partial charge in [0.2, 0.25) is 0 Å². The topological polar surface area (TPSA) is 59.9 Å². The Balaban J connectivity index is 1.31. The van der Waals surface area contributed by atoms with Gasteiger partial charge in [-0.15, -0.1) is 11.3 Å². The van der Waals surface area contributed by atoms with Gasteiger partial charge in [0.05, 0.1) is 15.9 Å². The smallest absolute Gasteiger partial charge is 0.147 e. The molecule has 27 heavy (non-hydrogen) atoms. The second-order valence-electron chi connectivity index (χ2n) is 6.25. The van der Waals surface area contributed by atoms with Crippen LogP contribution in [-0.4, -0.2) is 21.5 Å². The first-order valence-corrected chi connectivity index (χ1v) is 9.72. The molecular weight excluding hydrogens is 356 g/mol. The molecule has 0 fully saturated rings. The Labute approximate surface area is 162 Å². The standard InChI is InChI=1S/C21H20N4OS/c1-15-13-27-20-19(15)24-14-25-21(20)23-11-9-16-5-7-18(8-6-16)26-12-17-4-2-3-10-22-17/h2-8,10,13-14H,9,11-12H2,1H3,(H,23,24,25). The summed E-state index contributed by atoms with van der Waals surface area (Å²) >= 11 is 1.68. The molecule has 0 bridgehead atoms. The monoisotopic (exact) mass is 376 g/mol. The Morgan fingerprint density at radius 1 is 1.04 bits per heavy atom. The number of thiophene rings is 1. The Bertz CT molecular complexity index is 1020. The van der Waals surface area contributed by atoms with E-state index in [-0.39, 0.29) is 0 Å². The van der Waals surface area contributed by atoms with Crippen LogP contribution in [0.2, 0.25) is 0 Å². The highest BCUT2D eigenvalue weighted by Gasteiger charge is 2.07. The van der Waals surface area contributed by atoms with Crippen molar-refractivity contribution in [2.45, 2.75) is 20.0 Å². The molecule has 0 saturated heterocycles. The van der Waals surface area contributed by atoms with Crippen LogP contribution in [0.1, 0.15) is 16.8 Å². The van der Waals surface area contributed by atoms with Crippen molar-refractivity contribution >= 4 is 27.4 Å². The highest BCUT2D eigenvalue weighted by molar-refractivity contribution is 7.18. The summed E-state index contributed by atoms with van der Waals surface area (Å²) in [4.78, 5) is 13.0. The fraction of sp³-hybridized carbons (Fsp3) is 0.190. The van der Waals surface area contributed by atoms with Crippen LogP contribution in [-0.2, 0) is 13.0 Å². The van der Waals surface area contributed by atoms with Gasteiger partial charge >= 0.3 is 0 Å². The first-order chi connectivity index (χ1) is 13.3. The highest BCUT2D eigenvalue weighted by Crippen LogP contribution is 2.28. The van der Waals surface area contributed by atoms with Crippen LogP contribution in [0.4, 0.5) is 5.82 Å². The van der Waals surface area contributed by atoms with E-state index in [9.17, 15) is 0 Å². The molecule has 1 aromatic carbocycles. The van der Waals surface area contributed by atoms with Gasteiger partial charge in [0.25, 0.3) is 0 Å². The maximum absolute atomic E-state index is 5.78. The minimum atomic E-state index is 0.478. The molecule has 136 valence electrons. The number of nitrogens with zero attached hydrogens (tertiary/aromatic N) is 3. The van der Waals surface area contributed by atoms with E-state index in [1.165, 1.54) is 11.1 Å². The van der Waals surface area contributed by atoms with Gasteiger partial charge in [0.1, 0.15) is 24.5 Å². The van der Waals surface area contributed by atoms with E-state index < -0.39 is 0 Å². The maximum atomic E-state index is 5.78. The van der Waals surface area contributed by atoms with Gasteiger partial charge in [-0.05, 0) is 54.1 Å². The summed E-state index contributed by atoms with van der Waals surface area (Å²) in [5.74, 6) is 1.76. The van der Waals surface area contributed by atoms with Crippen molar-refractivity contribution < 1.29 is 4.74 Å². The molecule has 4 rings (SSSR count). The first-order valence-electron chi connectivity index (χ1n) is 8.84. The lowest BCUT2D eigenvalue weighted by molar-refractivity contribution is 0.301. The maximum Gasteiger partial charge on any atom is 0.147 e. The summed E-state index contributed by atoms with van der Waals surface area (Å²) < 4.78 is 6.90. The SMILES string of the molecule is Cc1csc2c(NCCc3ccc(OCc4ccccn4)cc3)ncnc12. The van der Waals surface area contributed by atoms with E-state index in [2.05, 4.69) is 44.7 Å². The van der Waals surface area contributed by atoms with Gasteiger partial charge < -0.3 is 10.1 Å². The largest absolute Gasteiger partial charge is 0.487 e. The van der Waals surface area contributed by atoms with E-state index in [1.807, 2.05) is 30.3 Å². The summed E-state index contributed by atoms with van der Waals surface area (Å²) in [5, 5.41) is 5.55. The highest BCUT2D eigenvalue weighted by atomic mass is 32.1. The molecule has 0 saturated carbocycles. The molecule has 0 aliphatic heterocycles. The molecule has 4 aromatic rings. The fourth-order valence-corrected chi connectivity index (χ4v) is 3.78. The van der Waals surface area contributed by atoms with Crippen LogP contribution >= 0.6 is 11.3 Å². The average molecular weight is 376 g/mol. The Morgan fingerprint density at radius 3 is 2.74 bits per heavy atom. The Kier molecular flexibility index (Phi) is 5.25. The second-order valence-corrected chi connectivity index (χ2v) is 7.13. The van der Waals surface area contributed by atoms with Crippen molar-refractivity contribution in [1.29, 1.82) is 0 Å². The summed E-state index contributed by atoms with van der Waals surface area (Å²) in [6.45, 7) is 3.37. The van der Waals surface area contributed by atoms with Crippen LogP contribution in [0.3, 0.4) is 0 Å². The lowest BCUT2D eigenvalue weighted by atomic mass is 10.1. The zero-order valence-corrected chi connectivity index (χ0v) is 15.9. The molecule has 0 atom stereocenters. The molecule has 1 N–H and O–H groups in total. The van der Waals surface area contributed by atoms with Crippen LogP contribution in [0, 0.1) is 6.92 Å². The Morgan fingerprint density at radius 2 is 1.93 bits per heavy atom. The molecule has 6 heteroatoms. The number of benzene rings is 1. The molecule has 0 amide bonds. The van der Waals surface area contributed by atoms with Gasteiger partial charge in [-0.2, -0.15) is 0 Å². The van der Waals surface area contributed by atoms with E-state index in [4.69, 9.17) is 4.74 Å². The predicted octanol–water partition coefficient (Wildman–Crippen LogP) is 4.63. The summed E-state index contributed by atoms with van der Waals surface area (Å²) in [7, 11) is 0. The Hall–Kier alpha value is -2.99. The number of aromatic nitrogens is 3. The van der Waals surface area contributed by atoms with E-state index >= 15 is 0 Å². The number of rotatable bonds is 7. The van der Waals surface area contributed by atoms with Gasteiger partial charge in [0.15, 0.2) is 0 Å². The number of nitrogens with one attached hydrogen (secondary N) is 1. The third-order valence-corrected chi connectivity index (χ3v) is 5.37. The van der Waals surface area contributed by atoms with E-state index in [0.29, 0.717) is 6.61 Å². The summed E-state index contributed by atoms with van der Waals surface area (Å²) in [6.07, 6.45) is 4.31. The quantitative estimate of drug-likeness (QED) is 0.510. The third-order valence-electron chi connectivity index (χ3n) is 4.27. The number of pyridine rings is 1. The van der Waals surface area contributed by atoms with Gasteiger partial charge in [-0.25, -0.2) is 9.97 Å². The van der Waals surface area contributed by atoms with Crippen molar-refractivity contribution in [3.05, 3.63) is 77.2 Å². The predicted molar refractivity (Wildman–Crippen MR) is 109 cm³/mol. The van der Waals surface area contributed by atoms with Crippen molar-refractivity contribution in [1.82, 2.24) is 15.0 Å². The molecular formula is C21H20N4OS. The number of hydrogen-bond acceptors (Lipinski definition) is 6. The minimum Gasteiger partial charge on any atom is -0.487 e. The van der Waals surface area contributed by atoms with Gasteiger partial charge in [0, 0.05) is 12.7 Å². The van der Waals surface area contributed by atoms with Crippen LogP contribution in [0.5, 0.6) is 5.75 Å². The normalized spacial score (nSPS) is 10.9. The van der Waals surface area contributed by atoms with E-state index in [0.717, 1.165) is 40.4 Å². The first kappa shape index (κ1) is 17.4. The van der Waals surface area contributed by atoms with Crippen LogP contribution in [0.25, 0.3) is 10.2 Å². The van der Waals surface area contributed by atoms with Crippen molar-refractivity contribution in [3.63, 3.8) is 0 Å². The molecule has 5 nitrogen and oxygen atoms in total. The van der Waals surface area contributed by atoms with Crippen LogP contribution in [0.15, 0.2) is 60.4 Å². The summed E-state index contributed by atoms with van der Waals surface area (Å²) in [6, 6.07) is 14.0. The number of aryl methyl sites for hydroxylation is 1. The molecule has 0 spiro atoms. The molecule has 0 radical (unpaired) electrons.